The lowest BCUT2D eigenvalue weighted by Crippen LogP contribution is -2.20. The Bertz CT molecular complexity index is 1380. The molecule has 2 aromatic heterocycles. The van der Waals surface area contributed by atoms with Crippen molar-refractivity contribution in [3.8, 4) is 17.0 Å². The van der Waals surface area contributed by atoms with Gasteiger partial charge in [-0.3, -0.25) is 9.20 Å². The van der Waals surface area contributed by atoms with Gasteiger partial charge in [-0.15, -0.1) is 0 Å². The zero-order valence-electron chi connectivity index (χ0n) is 19.4. The van der Waals surface area contributed by atoms with Gasteiger partial charge >= 0.3 is 0 Å². The Balaban J connectivity index is 2.01. The summed E-state index contributed by atoms with van der Waals surface area (Å²) in [4.78, 5) is 16.0. The van der Waals surface area contributed by atoms with Gasteiger partial charge in [0.1, 0.15) is 23.1 Å². The molecule has 0 aliphatic rings. The molecule has 2 aromatic carbocycles. The van der Waals surface area contributed by atoms with E-state index >= 15 is 0 Å². The topological polar surface area (TPSA) is 120 Å². The second-order valence-electron chi connectivity index (χ2n) is 8.05. The third-order valence-electron chi connectivity index (χ3n) is 5.46. The Hall–Kier alpha value is -4.18. The van der Waals surface area contributed by atoms with Gasteiger partial charge in [-0.05, 0) is 37.1 Å². The zero-order chi connectivity index (χ0) is 25.1. The number of pyridine rings is 1. The first-order valence-electron chi connectivity index (χ1n) is 11.0. The van der Waals surface area contributed by atoms with Gasteiger partial charge in [0.05, 0.1) is 5.56 Å². The van der Waals surface area contributed by atoms with E-state index in [0.29, 0.717) is 35.9 Å². The summed E-state index contributed by atoms with van der Waals surface area (Å²) in [6, 6.07) is 11.7. The number of imidazole rings is 1. The van der Waals surface area contributed by atoms with Crippen LogP contribution in [-0.2, 0) is 4.79 Å². The summed E-state index contributed by atoms with van der Waals surface area (Å²) in [6.07, 6.45) is 1.16. The lowest BCUT2D eigenvalue weighted by atomic mass is 10.1. The number of halogens is 2. The second kappa shape index (κ2) is 9.98. The number of rotatable bonds is 9. The minimum absolute atomic E-state index is 0.0791. The number of hydrogen-bond acceptors (Lipinski definition) is 6. The number of fused-ring (bicyclic) bond motifs is 1. The highest BCUT2D eigenvalue weighted by molar-refractivity contribution is 5.91. The highest BCUT2D eigenvalue weighted by Gasteiger charge is 2.24. The normalized spacial score (nSPS) is 11.0. The van der Waals surface area contributed by atoms with E-state index in [1.807, 2.05) is 32.0 Å². The van der Waals surface area contributed by atoms with Crippen LogP contribution in [0.25, 0.3) is 16.9 Å². The lowest BCUT2D eigenvalue weighted by molar-refractivity contribution is -0.119. The van der Waals surface area contributed by atoms with Crippen molar-refractivity contribution in [2.24, 2.45) is 11.5 Å². The van der Waals surface area contributed by atoms with Crippen LogP contribution in [0.3, 0.4) is 0 Å². The SMILES string of the molecule is Cc1cccc(C)c1Nc1c(-c2c(NCCN)cccc2OCC(N)=O)nc2c(F)cc(F)cn12. The van der Waals surface area contributed by atoms with Gasteiger partial charge in [-0.25, -0.2) is 13.8 Å². The molecule has 0 aliphatic carbocycles. The molecule has 0 spiro atoms. The number of carbonyl (C=O) groups excluding carboxylic acids is 1. The molecule has 0 unspecified atom stereocenters. The van der Waals surface area contributed by atoms with E-state index in [1.165, 1.54) is 4.40 Å². The van der Waals surface area contributed by atoms with E-state index in [9.17, 15) is 13.6 Å². The van der Waals surface area contributed by atoms with Crippen LogP contribution in [0, 0.1) is 25.5 Å². The first kappa shape index (κ1) is 24.0. The molecular formula is C25H26F2N6O2. The number of hydrogen-bond donors (Lipinski definition) is 4. The van der Waals surface area contributed by atoms with E-state index < -0.39 is 17.5 Å². The number of para-hydroxylation sites is 1. The fourth-order valence-electron chi connectivity index (χ4n) is 3.90. The van der Waals surface area contributed by atoms with E-state index in [4.69, 9.17) is 16.2 Å². The summed E-state index contributed by atoms with van der Waals surface area (Å²) < 4.78 is 36.1. The number of aromatic nitrogens is 2. The maximum Gasteiger partial charge on any atom is 0.255 e. The van der Waals surface area contributed by atoms with Gasteiger partial charge in [0.25, 0.3) is 5.91 Å². The van der Waals surface area contributed by atoms with Crippen LogP contribution in [0.1, 0.15) is 11.1 Å². The molecule has 4 aromatic rings. The number of primary amides is 1. The number of nitrogens with two attached hydrogens (primary N) is 2. The highest BCUT2D eigenvalue weighted by atomic mass is 19.1. The molecular weight excluding hydrogens is 454 g/mol. The van der Waals surface area contributed by atoms with Crippen LogP contribution in [-0.4, -0.2) is 35.0 Å². The molecule has 0 fully saturated rings. The van der Waals surface area contributed by atoms with Crippen LogP contribution in [0.15, 0.2) is 48.7 Å². The van der Waals surface area contributed by atoms with Crippen molar-refractivity contribution < 1.29 is 18.3 Å². The van der Waals surface area contributed by atoms with Crippen molar-refractivity contribution >= 4 is 28.7 Å². The molecule has 0 aliphatic heterocycles. The third-order valence-corrected chi connectivity index (χ3v) is 5.46. The van der Waals surface area contributed by atoms with Crippen LogP contribution < -0.4 is 26.8 Å². The van der Waals surface area contributed by atoms with Gasteiger partial charge < -0.3 is 26.8 Å². The maximum absolute atomic E-state index is 14.8. The maximum atomic E-state index is 14.8. The van der Waals surface area contributed by atoms with Gasteiger partial charge in [0, 0.05) is 36.7 Å². The fraction of sp³-hybridized carbons (Fsp3) is 0.200. The second-order valence-corrected chi connectivity index (χ2v) is 8.05. The van der Waals surface area contributed by atoms with Crippen LogP contribution in [0.2, 0.25) is 0 Å². The van der Waals surface area contributed by atoms with E-state index in [1.54, 1.807) is 18.2 Å². The highest BCUT2D eigenvalue weighted by Crippen LogP contribution is 2.42. The molecule has 0 saturated carbocycles. The van der Waals surface area contributed by atoms with Crippen molar-refractivity contribution in [3.05, 3.63) is 71.4 Å². The molecule has 0 saturated heterocycles. The van der Waals surface area contributed by atoms with Crippen LogP contribution in [0.5, 0.6) is 5.75 Å². The van der Waals surface area contributed by atoms with E-state index in [-0.39, 0.29) is 17.9 Å². The Morgan fingerprint density at radius 2 is 1.86 bits per heavy atom. The average molecular weight is 481 g/mol. The van der Waals surface area contributed by atoms with Crippen molar-refractivity contribution in [3.63, 3.8) is 0 Å². The summed E-state index contributed by atoms with van der Waals surface area (Å²) in [6.45, 7) is 4.27. The number of nitrogens with one attached hydrogen (secondary N) is 2. The molecule has 0 bridgehead atoms. The largest absolute Gasteiger partial charge is 0.483 e. The molecule has 0 atom stereocenters. The Morgan fingerprint density at radius 1 is 1.14 bits per heavy atom. The first-order chi connectivity index (χ1) is 16.8. The molecule has 182 valence electrons. The van der Waals surface area contributed by atoms with E-state index in [2.05, 4.69) is 15.6 Å². The monoisotopic (exact) mass is 480 g/mol. The van der Waals surface area contributed by atoms with Crippen molar-refractivity contribution in [1.82, 2.24) is 9.38 Å². The van der Waals surface area contributed by atoms with Gasteiger partial charge in [0.15, 0.2) is 18.1 Å². The lowest BCUT2D eigenvalue weighted by Gasteiger charge is -2.18. The Kier molecular flexibility index (Phi) is 6.83. The number of anilines is 3. The minimum Gasteiger partial charge on any atom is -0.483 e. The van der Waals surface area contributed by atoms with Crippen molar-refractivity contribution in [2.75, 3.05) is 30.3 Å². The third kappa shape index (κ3) is 4.87. The predicted octanol–water partition coefficient (Wildman–Crippen LogP) is 3.87. The van der Waals surface area contributed by atoms with Crippen molar-refractivity contribution in [1.29, 1.82) is 0 Å². The molecule has 6 N–H and O–H groups in total. The number of nitrogens with zero attached hydrogens (tertiary/aromatic N) is 2. The van der Waals surface area contributed by atoms with E-state index in [0.717, 1.165) is 29.1 Å². The molecule has 0 radical (unpaired) electrons. The first-order valence-corrected chi connectivity index (χ1v) is 11.0. The number of amides is 1. The summed E-state index contributed by atoms with van der Waals surface area (Å²) in [5.41, 5.74) is 14.9. The molecule has 8 nitrogen and oxygen atoms in total. The number of aryl methyl sites for hydroxylation is 2. The quantitative estimate of drug-likeness (QED) is 0.289. The molecule has 4 rings (SSSR count). The van der Waals surface area contributed by atoms with Crippen molar-refractivity contribution in [2.45, 2.75) is 13.8 Å². The Labute approximate surface area is 200 Å². The molecule has 35 heavy (non-hydrogen) atoms. The van der Waals surface area contributed by atoms with Crippen LogP contribution in [0.4, 0.5) is 26.0 Å². The van der Waals surface area contributed by atoms with Crippen LogP contribution >= 0.6 is 0 Å². The standard InChI is InChI=1S/C25H26F2N6O2/c1-14-5-3-6-15(2)22(14)31-25-23(32-24-17(27)11-16(26)12-33(24)25)21-18(30-10-9-28)7-4-8-19(21)35-13-20(29)34/h3-8,11-12,30-31H,9-10,13,28H2,1-2H3,(H2,29,34). The smallest absolute Gasteiger partial charge is 0.255 e. The Morgan fingerprint density at radius 3 is 2.54 bits per heavy atom. The number of ether oxygens (including phenoxy) is 1. The number of carbonyl (C=O) groups is 1. The molecule has 2 heterocycles. The van der Waals surface area contributed by atoms with Gasteiger partial charge in [-0.1, -0.05) is 24.3 Å². The average Bonchev–Trinajstić information content (AvgIpc) is 3.16. The van der Waals surface area contributed by atoms with Gasteiger partial charge in [0.2, 0.25) is 0 Å². The summed E-state index contributed by atoms with van der Waals surface area (Å²) in [5.74, 6) is -1.63. The summed E-state index contributed by atoms with van der Waals surface area (Å²) in [7, 11) is 0. The summed E-state index contributed by atoms with van der Waals surface area (Å²) >= 11 is 0. The molecule has 1 amide bonds. The zero-order valence-corrected chi connectivity index (χ0v) is 19.4. The fourth-order valence-corrected chi connectivity index (χ4v) is 3.90. The van der Waals surface area contributed by atoms with Gasteiger partial charge in [-0.2, -0.15) is 0 Å². The number of benzene rings is 2. The molecule has 10 heteroatoms. The predicted molar refractivity (Wildman–Crippen MR) is 132 cm³/mol. The summed E-state index contributed by atoms with van der Waals surface area (Å²) in [5, 5.41) is 6.54. The minimum atomic E-state index is -0.826.